The van der Waals surface area contributed by atoms with Gasteiger partial charge in [0.25, 0.3) is 0 Å². The predicted octanol–water partition coefficient (Wildman–Crippen LogP) is 0.692. The third-order valence-electron chi connectivity index (χ3n) is 3.31. The molecule has 1 aliphatic rings. The van der Waals surface area contributed by atoms with Crippen molar-refractivity contribution in [3.8, 4) is 0 Å². The Hall–Kier alpha value is -1.34. The van der Waals surface area contributed by atoms with Crippen LogP contribution in [0.15, 0.2) is 0 Å². The maximum absolute atomic E-state index is 11.8. The van der Waals surface area contributed by atoms with Crippen molar-refractivity contribution in [2.24, 2.45) is 0 Å². The summed E-state index contributed by atoms with van der Waals surface area (Å²) in [5.74, 6) is 0.0382. The Morgan fingerprint density at radius 3 is 2.50 bits per heavy atom. The summed E-state index contributed by atoms with van der Waals surface area (Å²) in [6.45, 7) is 10.2. The van der Waals surface area contributed by atoms with Crippen LogP contribution in [-0.4, -0.2) is 80.4 Å². The van der Waals surface area contributed by atoms with Crippen molar-refractivity contribution < 1.29 is 19.1 Å². The van der Waals surface area contributed by atoms with E-state index >= 15 is 0 Å². The van der Waals surface area contributed by atoms with Crippen molar-refractivity contribution in [3.63, 3.8) is 0 Å². The number of hydrogen-bond acceptors (Lipinski definition) is 5. The second-order valence-electron chi connectivity index (χ2n) is 6.44. The summed E-state index contributed by atoms with van der Waals surface area (Å²) in [6.07, 6.45) is 0.543. The van der Waals surface area contributed by atoms with Gasteiger partial charge < -0.3 is 19.7 Å². The number of carbonyl (C=O) groups is 2. The second-order valence-corrected chi connectivity index (χ2v) is 6.44. The first-order valence-corrected chi connectivity index (χ1v) is 7.78. The van der Waals surface area contributed by atoms with Crippen LogP contribution in [0.3, 0.4) is 0 Å². The normalized spacial score (nSPS) is 17.0. The molecule has 0 bridgehead atoms. The van der Waals surface area contributed by atoms with Crippen LogP contribution in [0.4, 0.5) is 4.79 Å². The highest BCUT2D eigenvalue weighted by Crippen LogP contribution is 2.06. The Labute approximate surface area is 132 Å². The maximum atomic E-state index is 11.8. The number of hydrogen-bond donors (Lipinski definition) is 1. The molecule has 22 heavy (non-hydrogen) atoms. The zero-order valence-electron chi connectivity index (χ0n) is 14.2. The molecule has 0 aromatic carbocycles. The topological polar surface area (TPSA) is 71.1 Å². The van der Waals surface area contributed by atoms with Gasteiger partial charge in [-0.3, -0.25) is 9.69 Å². The zero-order chi connectivity index (χ0) is 16.6. The average molecular weight is 315 g/mol. The lowest BCUT2D eigenvalue weighted by atomic mass is 10.2. The molecule has 0 aromatic rings. The summed E-state index contributed by atoms with van der Waals surface area (Å²) >= 11 is 0. The van der Waals surface area contributed by atoms with E-state index in [0.29, 0.717) is 13.1 Å². The van der Waals surface area contributed by atoms with Crippen LogP contribution in [0.1, 0.15) is 27.2 Å². The monoisotopic (exact) mass is 315 g/mol. The molecule has 2 amide bonds. The SMILES string of the molecule is COCC(=O)N1CCCN(CCNC(=O)OC(C)(C)C)CC1. The smallest absolute Gasteiger partial charge is 0.407 e. The lowest BCUT2D eigenvalue weighted by molar-refractivity contribution is -0.135. The fraction of sp³-hybridized carbons (Fsp3) is 0.867. The molecule has 0 aromatic heterocycles. The molecule has 1 rings (SSSR count). The third kappa shape index (κ3) is 7.61. The molecule has 0 unspecified atom stereocenters. The standard InChI is InChI=1S/C15H29N3O4/c1-15(2,3)22-14(20)16-6-9-17-7-5-8-18(11-10-17)13(19)12-21-4/h5-12H2,1-4H3,(H,16,20). The first-order valence-electron chi connectivity index (χ1n) is 7.78. The van der Waals surface area contributed by atoms with Crippen LogP contribution in [0.5, 0.6) is 0 Å². The molecule has 1 N–H and O–H groups in total. The van der Waals surface area contributed by atoms with E-state index in [-0.39, 0.29) is 18.6 Å². The van der Waals surface area contributed by atoms with Gasteiger partial charge in [-0.2, -0.15) is 0 Å². The van der Waals surface area contributed by atoms with E-state index in [0.717, 1.165) is 32.6 Å². The van der Waals surface area contributed by atoms with E-state index in [1.807, 2.05) is 25.7 Å². The van der Waals surface area contributed by atoms with Crippen molar-refractivity contribution in [2.75, 3.05) is 53.0 Å². The summed E-state index contributed by atoms with van der Waals surface area (Å²) in [5.41, 5.74) is -0.477. The van der Waals surface area contributed by atoms with Gasteiger partial charge in [-0.25, -0.2) is 4.79 Å². The van der Waals surface area contributed by atoms with Gasteiger partial charge >= 0.3 is 6.09 Å². The van der Waals surface area contributed by atoms with Gasteiger partial charge in [-0.1, -0.05) is 0 Å². The Morgan fingerprint density at radius 1 is 1.14 bits per heavy atom. The van der Waals surface area contributed by atoms with Crippen molar-refractivity contribution in [1.82, 2.24) is 15.1 Å². The number of rotatable bonds is 5. The van der Waals surface area contributed by atoms with E-state index in [1.54, 1.807) is 0 Å². The Balaban J connectivity index is 2.25. The van der Waals surface area contributed by atoms with E-state index in [4.69, 9.17) is 9.47 Å². The molecule has 7 heteroatoms. The minimum Gasteiger partial charge on any atom is -0.444 e. The summed E-state index contributed by atoms with van der Waals surface area (Å²) < 4.78 is 10.1. The van der Waals surface area contributed by atoms with Crippen molar-refractivity contribution in [1.29, 1.82) is 0 Å². The van der Waals surface area contributed by atoms with Gasteiger partial charge in [0.05, 0.1) is 0 Å². The Morgan fingerprint density at radius 2 is 1.86 bits per heavy atom. The van der Waals surface area contributed by atoms with Crippen LogP contribution in [0.25, 0.3) is 0 Å². The minimum absolute atomic E-state index is 0.0382. The summed E-state index contributed by atoms with van der Waals surface area (Å²) in [7, 11) is 1.53. The van der Waals surface area contributed by atoms with Crippen molar-refractivity contribution in [2.45, 2.75) is 32.8 Å². The third-order valence-corrected chi connectivity index (χ3v) is 3.31. The molecule has 1 heterocycles. The Bertz CT molecular complexity index is 368. The summed E-state index contributed by atoms with van der Waals surface area (Å²) in [5, 5.41) is 2.76. The van der Waals surface area contributed by atoms with Crippen LogP contribution in [0, 0.1) is 0 Å². The lowest BCUT2D eigenvalue weighted by Crippen LogP contribution is -2.40. The largest absolute Gasteiger partial charge is 0.444 e. The fourth-order valence-electron chi connectivity index (χ4n) is 2.29. The molecule has 128 valence electrons. The van der Waals surface area contributed by atoms with E-state index in [9.17, 15) is 9.59 Å². The number of carbonyl (C=O) groups excluding carboxylic acids is 2. The average Bonchev–Trinajstić information content (AvgIpc) is 2.62. The van der Waals surface area contributed by atoms with Gasteiger partial charge in [0, 0.05) is 39.8 Å². The van der Waals surface area contributed by atoms with Crippen molar-refractivity contribution >= 4 is 12.0 Å². The number of alkyl carbamates (subject to hydrolysis) is 1. The van der Waals surface area contributed by atoms with E-state index in [1.165, 1.54) is 7.11 Å². The number of nitrogens with one attached hydrogen (secondary N) is 1. The van der Waals surface area contributed by atoms with Gasteiger partial charge in [0.15, 0.2) is 0 Å². The molecular formula is C15H29N3O4. The molecule has 0 radical (unpaired) electrons. The van der Waals surface area contributed by atoms with Gasteiger partial charge in [0.2, 0.25) is 5.91 Å². The number of amides is 2. The number of ether oxygens (including phenoxy) is 2. The van der Waals surface area contributed by atoms with E-state index < -0.39 is 5.60 Å². The molecule has 0 atom stereocenters. The maximum Gasteiger partial charge on any atom is 0.407 e. The van der Waals surface area contributed by atoms with E-state index in [2.05, 4.69) is 10.2 Å². The molecule has 0 saturated carbocycles. The molecule has 1 fully saturated rings. The molecule has 0 spiro atoms. The second kappa shape index (κ2) is 8.95. The predicted molar refractivity (Wildman–Crippen MR) is 83.7 cm³/mol. The van der Waals surface area contributed by atoms with Gasteiger partial charge in [-0.05, 0) is 33.7 Å². The molecule has 0 aliphatic carbocycles. The highest BCUT2D eigenvalue weighted by molar-refractivity contribution is 5.77. The van der Waals surface area contributed by atoms with Gasteiger partial charge in [-0.15, -0.1) is 0 Å². The molecule has 7 nitrogen and oxygen atoms in total. The number of methoxy groups -OCH3 is 1. The molecular weight excluding hydrogens is 286 g/mol. The minimum atomic E-state index is -0.477. The van der Waals surface area contributed by atoms with Gasteiger partial charge in [0.1, 0.15) is 12.2 Å². The lowest BCUT2D eigenvalue weighted by Gasteiger charge is -2.23. The first-order chi connectivity index (χ1) is 10.3. The zero-order valence-corrected chi connectivity index (χ0v) is 14.2. The first kappa shape index (κ1) is 18.7. The van der Waals surface area contributed by atoms with Crippen LogP contribution in [-0.2, 0) is 14.3 Å². The summed E-state index contributed by atoms with van der Waals surface area (Å²) in [6, 6.07) is 0. The number of nitrogens with zero attached hydrogens (tertiary/aromatic N) is 2. The fourth-order valence-corrected chi connectivity index (χ4v) is 2.29. The molecule has 1 saturated heterocycles. The highest BCUT2D eigenvalue weighted by Gasteiger charge is 2.19. The van der Waals surface area contributed by atoms with Crippen LogP contribution in [0.2, 0.25) is 0 Å². The quantitative estimate of drug-likeness (QED) is 0.808. The van der Waals surface area contributed by atoms with Crippen LogP contribution < -0.4 is 5.32 Å². The summed E-state index contributed by atoms with van der Waals surface area (Å²) in [4.78, 5) is 27.5. The van der Waals surface area contributed by atoms with Crippen LogP contribution >= 0.6 is 0 Å². The highest BCUT2D eigenvalue weighted by atomic mass is 16.6. The Kier molecular flexibility index (Phi) is 7.61. The van der Waals surface area contributed by atoms with Crippen molar-refractivity contribution in [3.05, 3.63) is 0 Å². The molecule has 1 aliphatic heterocycles.